The van der Waals surface area contributed by atoms with Crippen LogP contribution in [0.2, 0.25) is 5.02 Å². The van der Waals surface area contributed by atoms with Crippen LogP contribution in [0, 0.1) is 11.3 Å². The molecule has 326 valence electrons. The third-order valence-electron chi connectivity index (χ3n) is 10.7. The number of pyridine rings is 1. The SMILES string of the molecule is COC(=O)N[C@H](C(=O)N1CCC[C@H]1c1ncc(-c2ccc(-c3cc(Cl)c(NC(=O)c4ccc(N5CCN(C(=O)C(C)(C)C)C[C@H]5C)nc4)cc3OC(F)(F)F)cc2)[nH]1)C(C)C. The van der Waals surface area contributed by atoms with Gasteiger partial charge >= 0.3 is 12.5 Å². The predicted molar refractivity (Wildman–Crippen MR) is 224 cm³/mol. The molecule has 2 aliphatic heterocycles. The first-order valence-corrected chi connectivity index (χ1v) is 20.3. The third-order valence-corrected chi connectivity index (χ3v) is 11.1. The van der Waals surface area contributed by atoms with Gasteiger partial charge in [0.1, 0.15) is 23.4 Å². The number of benzene rings is 2. The second kappa shape index (κ2) is 18.0. The second-order valence-electron chi connectivity index (χ2n) is 16.6. The highest BCUT2D eigenvalue weighted by Crippen LogP contribution is 2.41. The van der Waals surface area contributed by atoms with Crippen LogP contribution in [0.3, 0.4) is 0 Å². The molecule has 14 nitrogen and oxygen atoms in total. The summed E-state index contributed by atoms with van der Waals surface area (Å²) in [5.41, 5.74) is 1.22. The number of likely N-dealkylation sites (tertiary alicyclic amines) is 1. The van der Waals surface area contributed by atoms with Gasteiger partial charge in [0.2, 0.25) is 11.8 Å². The fourth-order valence-electron chi connectivity index (χ4n) is 7.60. The summed E-state index contributed by atoms with van der Waals surface area (Å²) in [6.07, 6.45) is -1.37. The molecule has 61 heavy (non-hydrogen) atoms. The van der Waals surface area contributed by atoms with E-state index in [2.05, 4.69) is 35.2 Å². The summed E-state index contributed by atoms with van der Waals surface area (Å²) in [7, 11) is 1.24. The zero-order chi connectivity index (χ0) is 44.4. The minimum atomic E-state index is -5.06. The molecule has 6 rings (SSSR count). The maximum absolute atomic E-state index is 13.7. The number of methoxy groups -OCH3 is 1. The van der Waals surface area contributed by atoms with Crippen molar-refractivity contribution in [1.29, 1.82) is 0 Å². The molecule has 2 aromatic heterocycles. The lowest BCUT2D eigenvalue weighted by Gasteiger charge is -2.42. The lowest BCUT2D eigenvalue weighted by molar-refractivity contribution is -0.274. The van der Waals surface area contributed by atoms with E-state index >= 15 is 0 Å². The van der Waals surface area contributed by atoms with Crippen molar-refractivity contribution >= 4 is 46.9 Å². The normalized spacial score (nSPS) is 17.6. The van der Waals surface area contributed by atoms with E-state index in [9.17, 15) is 32.3 Å². The average molecular weight is 867 g/mol. The molecule has 4 amide bonds. The smallest absolute Gasteiger partial charge is 0.453 e. The zero-order valence-corrected chi connectivity index (χ0v) is 35.8. The van der Waals surface area contributed by atoms with Gasteiger partial charge in [-0.2, -0.15) is 0 Å². The number of H-pyrrole nitrogens is 1. The summed E-state index contributed by atoms with van der Waals surface area (Å²) in [5, 5.41) is 5.18. The molecule has 2 aromatic carbocycles. The summed E-state index contributed by atoms with van der Waals surface area (Å²) in [6, 6.07) is 11.0. The minimum Gasteiger partial charge on any atom is -0.453 e. The maximum Gasteiger partial charge on any atom is 0.573 e. The second-order valence-corrected chi connectivity index (χ2v) is 17.0. The quantitative estimate of drug-likeness (QED) is 0.143. The Morgan fingerprint density at radius 3 is 2.26 bits per heavy atom. The van der Waals surface area contributed by atoms with Crippen LogP contribution in [0.4, 0.5) is 29.5 Å². The van der Waals surface area contributed by atoms with Gasteiger partial charge in [-0.15, -0.1) is 13.2 Å². The number of carbonyl (C=O) groups is 4. The van der Waals surface area contributed by atoms with E-state index < -0.39 is 35.6 Å². The molecule has 3 N–H and O–H groups in total. The number of rotatable bonds is 10. The molecule has 0 radical (unpaired) electrons. The molecule has 0 aliphatic carbocycles. The van der Waals surface area contributed by atoms with Crippen LogP contribution in [-0.4, -0.2) is 100 Å². The summed E-state index contributed by atoms with van der Waals surface area (Å²) in [5.74, 6) is -0.417. The molecule has 2 saturated heterocycles. The Kier molecular flexibility index (Phi) is 13.2. The fourth-order valence-corrected chi connectivity index (χ4v) is 7.81. The number of nitrogens with one attached hydrogen (secondary N) is 3. The molecular formula is C43H50ClF3N8O6. The van der Waals surface area contributed by atoms with Crippen LogP contribution in [0.1, 0.15) is 76.6 Å². The number of hydrogen-bond donors (Lipinski definition) is 3. The number of alkyl halides is 3. The third kappa shape index (κ3) is 10.4. The summed E-state index contributed by atoms with van der Waals surface area (Å²) < 4.78 is 50.4. The van der Waals surface area contributed by atoms with E-state index in [4.69, 9.17) is 16.3 Å². The van der Waals surface area contributed by atoms with Crippen molar-refractivity contribution in [2.24, 2.45) is 11.3 Å². The Labute approximate surface area is 357 Å². The molecule has 2 fully saturated rings. The average Bonchev–Trinajstić information content (AvgIpc) is 3.90. The van der Waals surface area contributed by atoms with Gasteiger partial charge in [-0.25, -0.2) is 14.8 Å². The number of aromatic nitrogens is 3. The van der Waals surface area contributed by atoms with Gasteiger partial charge in [0.05, 0.1) is 41.3 Å². The van der Waals surface area contributed by atoms with Crippen molar-refractivity contribution in [2.75, 3.05) is 43.5 Å². The predicted octanol–water partition coefficient (Wildman–Crippen LogP) is 8.07. The number of hydrogen-bond acceptors (Lipinski definition) is 9. The molecule has 3 atom stereocenters. The number of nitrogens with zero attached hydrogens (tertiary/aromatic N) is 5. The zero-order valence-electron chi connectivity index (χ0n) is 35.0. The van der Waals surface area contributed by atoms with Gasteiger partial charge in [-0.3, -0.25) is 14.4 Å². The van der Waals surface area contributed by atoms with Gasteiger partial charge in [-0.1, -0.05) is 70.5 Å². The van der Waals surface area contributed by atoms with E-state index in [1.165, 1.54) is 19.4 Å². The Morgan fingerprint density at radius 2 is 1.66 bits per heavy atom. The van der Waals surface area contributed by atoms with Crippen molar-refractivity contribution < 1.29 is 41.8 Å². The van der Waals surface area contributed by atoms with E-state index in [1.54, 1.807) is 47.5 Å². The Hall–Kier alpha value is -5.84. The van der Waals surface area contributed by atoms with E-state index in [0.29, 0.717) is 61.1 Å². The molecule has 0 spiro atoms. The molecule has 4 heterocycles. The van der Waals surface area contributed by atoms with Crippen molar-refractivity contribution in [2.45, 2.75) is 78.9 Å². The van der Waals surface area contributed by atoms with Gasteiger partial charge < -0.3 is 39.8 Å². The Balaban J connectivity index is 1.16. The lowest BCUT2D eigenvalue weighted by Crippen LogP contribution is -2.56. The molecule has 4 aromatic rings. The van der Waals surface area contributed by atoms with Crippen LogP contribution in [0.25, 0.3) is 22.4 Å². The molecule has 0 bridgehead atoms. The van der Waals surface area contributed by atoms with Crippen LogP contribution >= 0.6 is 11.6 Å². The lowest BCUT2D eigenvalue weighted by atomic mass is 9.94. The number of ether oxygens (including phenoxy) is 2. The molecule has 18 heteroatoms. The van der Waals surface area contributed by atoms with Crippen LogP contribution in [0.15, 0.2) is 60.9 Å². The number of carbonyl (C=O) groups excluding carboxylic acids is 4. The molecule has 0 unspecified atom stereocenters. The summed E-state index contributed by atoms with van der Waals surface area (Å²) >= 11 is 6.58. The summed E-state index contributed by atoms with van der Waals surface area (Å²) in [4.78, 5) is 69.5. The number of amides is 4. The van der Waals surface area contributed by atoms with Crippen molar-refractivity contribution in [3.63, 3.8) is 0 Å². The first kappa shape index (κ1) is 44.7. The molecule has 0 saturated carbocycles. The Morgan fingerprint density at radius 1 is 0.951 bits per heavy atom. The van der Waals surface area contributed by atoms with E-state index in [-0.39, 0.29) is 51.7 Å². The topological polar surface area (TPSA) is 162 Å². The van der Waals surface area contributed by atoms with Crippen LogP contribution in [-0.2, 0) is 14.3 Å². The number of anilines is 2. The van der Waals surface area contributed by atoms with E-state index in [1.807, 2.05) is 46.4 Å². The van der Waals surface area contributed by atoms with Gasteiger partial charge in [0, 0.05) is 55.5 Å². The van der Waals surface area contributed by atoms with Crippen LogP contribution in [0.5, 0.6) is 5.75 Å². The fraction of sp³-hybridized carbons (Fsp3) is 0.442. The first-order chi connectivity index (χ1) is 28.7. The number of halogens is 4. The highest BCUT2D eigenvalue weighted by molar-refractivity contribution is 6.34. The minimum absolute atomic E-state index is 0.0272. The largest absolute Gasteiger partial charge is 0.573 e. The molecular weight excluding hydrogens is 817 g/mol. The number of piperazine rings is 1. The van der Waals surface area contributed by atoms with Crippen molar-refractivity contribution in [1.82, 2.24) is 30.1 Å². The monoisotopic (exact) mass is 866 g/mol. The highest BCUT2D eigenvalue weighted by atomic mass is 35.5. The number of aromatic amines is 1. The van der Waals surface area contributed by atoms with Gasteiger partial charge in [0.25, 0.3) is 5.91 Å². The molecule has 2 aliphatic rings. The highest BCUT2D eigenvalue weighted by Gasteiger charge is 2.38. The first-order valence-electron chi connectivity index (χ1n) is 20.0. The number of alkyl carbamates (subject to hydrolysis) is 1. The van der Waals surface area contributed by atoms with Crippen molar-refractivity contribution in [3.05, 3.63) is 77.3 Å². The maximum atomic E-state index is 13.7. The Bertz CT molecular complexity index is 2240. The van der Waals surface area contributed by atoms with Gasteiger partial charge in [0.15, 0.2) is 0 Å². The summed E-state index contributed by atoms with van der Waals surface area (Å²) in [6.45, 7) is 13.4. The van der Waals surface area contributed by atoms with E-state index in [0.717, 1.165) is 12.5 Å². The number of imidazole rings is 1. The van der Waals surface area contributed by atoms with Crippen molar-refractivity contribution in [3.8, 4) is 28.1 Å². The van der Waals surface area contributed by atoms with Crippen LogP contribution < -0.4 is 20.3 Å². The standard InChI is InChI=1S/C43H50ClF3N8O6/c1-24(2)36(52-41(59)60-7)39(57)55-16-8-9-33(55)37-49-22-32(50-37)27-12-10-26(11-13-27)29-19-30(44)31(20-34(29)61-43(45,46)47)51-38(56)28-14-15-35(48-21-28)54-18-17-53(23-25(54)3)40(58)42(4,5)6/h10-15,19-22,24-25,33,36H,8-9,16-18,23H2,1-7H3,(H,49,50)(H,51,56)(H,52,59)/t25-,33+,36+/m1/s1. The van der Waals surface area contributed by atoms with Gasteiger partial charge in [-0.05, 0) is 55.0 Å².